The van der Waals surface area contributed by atoms with Gasteiger partial charge in [-0.25, -0.2) is 18.2 Å². The van der Waals surface area contributed by atoms with Crippen molar-refractivity contribution in [1.82, 2.24) is 4.98 Å². The van der Waals surface area contributed by atoms with Gasteiger partial charge in [-0.15, -0.1) is 0 Å². The van der Waals surface area contributed by atoms with Crippen molar-refractivity contribution in [2.45, 2.75) is 18.7 Å². The molecule has 7 nitrogen and oxygen atoms in total. The number of carboxylic acid groups (broad SMARTS) is 1. The van der Waals surface area contributed by atoms with Crippen LogP contribution in [0.25, 0.3) is 0 Å². The number of sulfonamides is 1. The van der Waals surface area contributed by atoms with Gasteiger partial charge in [0.15, 0.2) is 0 Å². The summed E-state index contributed by atoms with van der Waals surface area (Å²) in [7, 11) is -4.27. The van der Waals surface area contributed by atoms with Crippen LogP contribution in [0, 0.1) is 19.8 Å². The van der Waals surface area contributed by atoms with Crippen molar-refractivity contribution >= 4 is 21.8 Å². The number of furan rings is 1. The van der Waals surface area contributed by atoms with Gasteiger partial charge in [0.05, 0.1) is 0 Å². The highest BCUT2D eigenvalue weighted by Crippen LogP contribution is 2.28. The number of carboxylic acids is 1. The molecule has 0 fully saturated rings. The second kappa shape index (κ2) is 5.17. The summed E-state index contributed by atoms with van der Waals surface area (Å²) >= 11 is 0. The van der Waals surface area contributed by atoms with Crippen LogP contribution in [0.3, 0.4) is 0 Å². The molecule has 0 radical (unpaired) electrons. The SMILES string of the molecule is Cc1oc(C)c(S(=O)(=O)Nc2cccc(F)n2)c1C(=O)O. The Balaban J connectivity index is 2.53. The molecule has 0 atom stereocenters. The summed E-state index contributed by atoms with van der Waals surface area (Å²) in [4.78, 5) is 14.0. The van der Waals surface area contributed by atoms with Gasteiger partial charge in [0.2, 0.25) is 5.95 Å². The topological polar surface area (TPSA) is 110 Å². The summed E-state index contributed by atoms with van der Waals surface area (Å²) in [6.07, 6.45) is 0. The highest BCUT2D eigenvalue weighted by Gasteiger charge is 2.31. The van der Waals surface area contributed by atoms with Gasteiger partial charge in [-0.1, -0.05) is 6.07 Å². The van der Waals surface area contributed by atoms with Crippen molar-refractivity contribution < 1.29 is 27.1 Å². The number of hydrogen-bond acceptors (Lipinski definition) is 5. The number of anilines is 1. The zero-order chi connectivity index (χ0) is 15.8. The predicted octanol–water partition coefficient (Wildman–Crippen LogP) is 1.93. The Morgan fingerprint density at radius 3 is 2.57 bits per heavy atom. The fraction of sp³-hybridized carbons (Fsp3) is 0.167. The van der Waals surface area contributed by atoms with Crippen LogP contribution < -0.4 is 4.72 Å². The standard InChI is InChI=1S/C12H11FN2O5S/c1-6-10(12(16)17)11(7(2)20-6)21(18,19)15-9-5-3-4-8(13)14-9/h3-5H,1-2H3,(H,14,15)(H,16,17). The highest BCUT2D eigenvalue weighted by molar-refractivity contribution is 7.92. The fourth-order valence-corrected chi connectivity index (χ4v) is 3.30. The molecule has 9 heteroatoms. The molecule has 0 saturated carbocycles. The van der Waals surface area contributed by atoms with E-state index in [0.717, 1.165) is 6.07 Å². The maximum Gasteiger partial charge on any atom is 0.340 e. The second-order valence-corrected chi connectivity index (χ2v) is 5.79. The normalized spacial score (nSPS) is 11.4. The molecule has 0 bridgehead atoms. The lowest BCUT2D eigenvalue weighted by molar-refractivity contribution is 0.0691. The fourth-order valence-electron chi connectivity index (χ4n) is 1.89. The maximum absolute atomic E-state index is 13.0. The molecule has 2 aromatic rings. The molecule has 0 aliphatic carbocycles. The Bertz CT molecular complexity index is 813. The van der Waals surface area contributed by atoms with E-state index in [1.165, 1.54) is 26.0 Å². The summed E-state index contributed by atoms with van der Waals surface area (Å²) in [5, 5.41) is 9.11. The lowest BCUT2D eigenvalue weighted by Crippen LogP contribution is -2.17. The number of aromatic nitrogens is 1. The van der Waals surface area contributed by atoms with Crippen molar-refractivity contribution in [3.63, 3.8) is 0 Å². The molecule has 0 amide bonds. The first-order valence-electron chi connectivity index (χ1n) is 5.71. The summed E-state index contributed by atoms with van der Waals surface area (Å²) in [6, 6.07) is 3.56. The quantitative estimate of drug-likeness (QED) is 0.834. The van der Waals surface area contributed by atoms with E-state index in [-0.39, 0.29) is 17.3 Å². The maximum atomic E-state index is 13.0. The second-order valence-electron chi connectivity index (χ2n) is 4.17. The van der Waals surface area contributed by atoms with Gasteiger partial charge in [0.1, 0.15) is 27.8 Å². The first-order valence-corrected chi connectivity index (χ1v) is 7.19. The summed E-state index contributed by atoms with van der Waals surface area (Å²) in [6.45, 7) is 2.67. The lowest BCUT2D eigenvalue weighted by atomic mass is 10.2. The van der Waals surface area contributed by atoms with Crippen molar-refractivity contribution in [3.05, 3.63) is 41.2 Å². The number of hydrogen-bond donors (Lipinski definition) is 2. The minimum absolute atomic E-state index is 0.0347. The van der Waals surface area contributed by atoms with E-state index in [2.05, 4.69) is 4.98 Å². The Morgan fingerprint density at radius 2 is 2.00 bits per heavy atom. The van der Waals surface area contributed by atoms with Gasteiger partial charge in [-0.05, 0) is 26.0 Å². The van der Waals surface area contributed by atoms with E-state index in [1.54, 1.807) is 0 Å². The molecule has 0 unspecified atom stereocenters. The van der Waals surface area contributed by atoms with E-state index in [1.807, 2.05) is 4.72 Å². The van der Waals surface area contributed by atoms with Crippen LogP contribution in [-0.2, 0) is 10.0 Å². The zero-order valence-corrected chi connectivity index (χ0v) is 11.9. The summed E-state index contributed by atoms with van der Waals surface area (Å²) < 4.78 is 44.6. The minimum atomic E-state index is -4.27. The average Bonchev–Trinajstić information content (AvgIpc) is 2.64. The molecule has 2 rings (SSSR count). The molecular weight excluding hydrogens is 303 g/mol. The molecular formula is C12H11FN2O5S. The molecule has 21 heavy (non-hydrogen) atoms. The summed E-state index contributed by atoms with van der Waals surface area (Å²) in [5.41, 5.74) is -0.462. The third-order valence-electron chi connectivity index (χ3n) is 2.64. The highest BCUT2D eigenvalue weighted by atomic mass is 32.2. The molecule has 2 heterocycles. The molecule has 0 saturated heterocycles. The van der Waals surface area contributed by atoms with Crippen LogP contribution in [0.1, 0.15) is 21.9 Å². The van der Waals surface area contributed by atoms with E-state index in [0.29, 0.717) is 0 Å². The number of aryl methyl sites for hydroxylation is 2. The van der Waals surface area contributed by atoms with Crippen LogP contribution >= 0.6 is 0 Å². The van der Waals surface area contributed by atoms with Gasteiger partial charge in [-0.3, -0.25) is 4.72 Å². The molecule has 0 aromatic carbocycles. The zero-order valence-electron chi connectivity index (χ0n) is 11.0. The van der Waals surface area contributed by atoms with Gasteiger partial charge in [0.25, 0.3) is 10.0 Å². The Hall–Kier alpha value is -2.42. The van der Waals surface area contributed by atoms with E-state index in [4.69, 9.17) is 9.52 Å². The number of halogens is 1. The Morgan fingerprint density at radius 1 is 1.33 bits per heavy atom. The third kappa shape index (κ3) is 2.87. The van der Waals surface area contributed by atoms with Gasteiger partial charge < -0.3 is 9.52 Å². The van der Waals surface area contributed by atoms with Gasteiger partial charge >= 0.3 is 5.97 Å². The van der Waals surface area contributed by atoms with E-state index in [9.17, 15) is 17.6 Å². The van der Waals surface area contributed by atoms with Crippen molar-refractivity contribution in [3.8, 4) is 0 Å². The smallest absolute Gasteiger partial charge is 0.340 e. The van der Waals surface area contributed by atoms with Crippen LogP contribution in [0.2, 0.25) is 0 Å². The molecule has 112 valence electrons. The van der Waals surface area contributed by atoms with Crippen LogP contribution in [-0.4, -0.2) is 24.5 Å². The van der Waals surface area contributed by atoms with Crippen molar-refractivity contribution in [2.24, 2.45) is 0 Å². The lowest BCUT2D eigenvalue weighted by Gasteiger charge is -2.07. The largest absolute Gasteiger partial charge is 0.478 e. The minimum Gasteiger partial charge on any atom is -0.478 e. The number of pyridine rings is 1. The van der Waals surface area contributed by atoms with Gasteiger partial charge in [-0.2, -0.15) is 4.39 Å². The molecule has 2 N–H and O–H groups in total. The molecule has 0 aliphatic rings. The van der Waals surface area contributed by atoms with Crippen molar-refractivity contribution in [2.75, 3.05) is 4.72 Å². The Kier molecular flexibility index (Phi) is 3.69. The monoisotopic (exact) mass is 314 g/mol. The predicted molar refractivity (Wildman–Crippen MR) is 70.1 cm³/mol. The molecule has 2 aromatic heterocycles. The number of carbonyl (C=O) groups is 1. The number of aromatic carboxylic acids is 1. The number of nitrogens with zero attached hydrogens (tertiary/aromatic N) is 1. The van der Waals surface area contributed by atoms with Crippen LogP contribution in [0.4, 0.5) is 10.2 Å². The van der Waals surface area contributed by atoms with Crippen molar-refractivity contribution in [1.29, 1.82) is 0 Å². The molecule has 0 aliphatic heterocycles. The first-order chi connectivity index (χ1) is 9.72. The third-order valence-corrected chi connectivity index (χ3v) is 4.15. The summed E-state index contributed by atoms with van der Waals surface area (Å²) in [5.74, 6) is -2.67. The van der Waals surface area contributed by atoms with Crippen LogP contribution in [0.5, 0.6) is 0 Å². The Labute approximate surface area is 119 Å². The molecule has 0 spiro atoms. The van der Waals surface area contributed by atoms with E-state index < -0.39 is 32.4 Å². The van der Waals surface area contributed by atoms with E-state index >= 15 is 0 Å². The van der Waals surface area contributed by atoms with Gasteiger partial charge in [0, 0.05) is 0 Å². The van der Waals surface area contributed by atoms with Crippen LogP contribution in [0.15, 0.2) is 27.5 Å². The first kappa shape index (κ1) is 15.0. The number of nitrogens with one attached hydrogen (secondary N) is 1. The average molecular weight is 314 g/mol. The number of rotatable bonds is 4.